The van der Waals surface area contributed by atoms with E-state index < -0.39 is 0 Å². The van der Waals surface area contributed by atoms with Gasteiger partial charge in [-0.25, -0.2) is 0 Å². The van der Waals surface area contributed by atoms with E-state index in [0.29, 0.717) is 0 Å². The largest absolute Gasteiger partial charge is 0.353 e. The minimum absolute atomic E-state index is 0.0974. The molecule has 0 spiro atoms. The van der Waals surface area contributed by atoms with Gasteiger partial charge in [0.15, 0.2) is 5.78 Å². The second-order valence-corrected chi connectivity index (χ2v) is 5.53. The molecule has 0 amide bonds. The molecule has 2 aromatic rings. The first-order valence-electron chi connectivity index (χ1n) is 5.84. The van der Waals surface area contributed by atoms with Crippen LogP contribution in [0, 0.1) is 6.92 Å². The predicted molar refractivity (Wildman–Crippen MR) is 75.0 cm³/mol. The van der Waals surface area contributed by atoms with E-state index in [4.69, 9.17) is 0 Å². The van der Waals surface area contributed by atoms with Gasteiger partial charge in [0.05, 0.1) is 11.4 Å². The highest BCUT2D eigenvalue weighted by Crippen LogP contribution is 2.45. The fourth-order valence-electron chi connectivity index (χ4n) is 2.07. The average Bonchev–Trinajstić information content (AvgIpc) is 2.36. The van der Waals surface area contributed by atoms with E-state index in [-0.39, 0.29) is 5.78 Å². The van der Waals surface area contributed by atoms with Crippen LogP contribution in [0.1, 0.15) is 22.8 Å². The van der Waals surface area contributed by atoms with Crippen molar-refractivity contribution < 1.29 is 4.79 Å². The monoisotopic (exact) mass is 255 g/mol. The van der Waals surface area contributed by atoms with Crippen LogP contribution >= 0.6 is 11.8 Å². The Morgan fingerprint density at radius 1 is 1.17 bits per heavy atom. The van der Waals surface area contributed by atoms with Gasteiger partial charge in [-0.2, -0.15) is 0 Å². The number of carbonyl (C=O) groups excluding carboxylic acids is 1. The van der Waals surface area contributed by atoms with E-state index in [1.165, 1.54) is 10.5 Å². The third kappa shape index (κ3) is 1.81. The zero-order valence-electron chi connectivity index (χ0n) is 10.3. The van der Waals surface area contributed by atoms with Crippen LogP contribution in [0.15, 0.2) is 46.2 Å². The molecule has 1 aliphatic heterocycles. The fourth-order valence-corrected chi connectivity index (χ4v) is 3.13. The van der Waals surface area contributed by atoms with Crippen LogP contribution in [0.3, 0.4) is 0 Å². The number of para-hydroxylation sites is 1. The highest BCUT2D eigenvalue weighted by atomic mass is 32.2. The van der Waals surface area contributed by atoms with Gasteiger partial charge in [0.25, 0.3) is 0 Å². The Morgan fingerprint density at radius 3 is 2.78 bits per heavy atom. The van der Waals surface area contributed by atoms with Crippen molar-refractivity contribution in [3.05, 3.63) is 47.5 Å². The third-order valence-corrected chi connectivity index (χ3v) is 4.24. The van der Waals surface area contributed by atoms with Gasteiger partial charge in [0.1, 0.15) is 0 Å². The summed E-state index contributed by atoms with van der Waals surface area (Å²) in [6.45, 7) is 3.68. The molecule has 0 atom stereocenters. The van der Waals surface area contributed by atoms with E-state index in [2.05, 4.69) is 30.4 Å². The van der Waals surface area contributed by atoms with E-state index in [1.54, 1.807) is 18.7 Å². The Bertz CT molecular complexity index is 649. The number of Topliss-reactive ketones (excluding diaryl/α,β-unsaturated/α-hetero) is 1. The summed E-state index contributed by atoms with van der Waals surface area (Å²) in [5, 5.41) is 3.43. The van der Waals surface area contributed by atoms with Crippen molar-refractivity contribution in [2.75, 3.05) is 5.32 Å². The summed E-state index contributed by atoms with van der Waals surface area (Å²) in [5.74, 6) is 0.0974. The number of nitrogens with one attached hydrogen (secondary N) is 1. The molecule has 0 fully saturated rings. The molecule has 2 aromatic carbocycles. The highest BCUT2D eigenvalue weighted by Gasteiger charge is 2.17. The van der Waals surface area contributed by atoms with Crippen molar-refractivity contribution in [3.63, 3.8) is 0 Å². The lowest BCUT2D eigenvalue weighted by molar-refractivity contribution is 0.101. The Kier molecular flexibility index (Phi) is 2.63. The molecule has 18 heavy (non-hydrogen) atoms. The molecule has 0 unspecified atom stereocenters. The summed E-state index contributed by atoms with van der Waals surface area (Å²) in [7, 11) is 0. The van der Waals surface area contributed by atoms with E-state index in [9.17, 15) is 4.79 Å². The smallest absolute Gasteiger partial charge is 0.159 e. The number of fused-ring (bicyclic) bond motifs is 2. The second kappa shape index (κ2) is 4.18. The molecule has 1 aliphatic rings. The van der Waals surface area contributed by atoms with Gasteiger partial charge < -0.3 is 5.32 Å². The summed E-state index contributed by atoms with van der Waals surface area (Å²) >= 11 is 1.74. The van der Waals surface area contributed by atoms with Crippen LogP contribution in [0.25, 0.3) is 0 Å². The SMILES string of the molecule is CC(=O)c1ccc2c(c1)Nc1c(C)cccc1S2. The molecule has 3 rings (SSSR count). The third-order valence-electron chi connectivity index (χ3n) is 3.10. The molecule has 1 heterocycles. The zero-order valence-corrected chi connectivity index (χ0v) is 11.1. The van der Waals surface area contributed by atoms with Gasteiger partial charge in [0.2, 0.25) is 0 Å². The molecule has 1 N–H and O–H groups in total. The quantitative estimate of drug-likeness (QED) is 0.653. The zero-order chi connectivity index (χ0) is 12.7. The number of anilines is 2. The number of rotatable bonds is 1. The first-order valence-corrected chi connectivity index (χ1v) is 6.66. The van der Waals surface area contributed by atoms with Gasteiger partial charge in [-0.05, 0) is 37.6 Å². The van der Waals surface area contributed by atoms with Gasteiger partial charge in [-0.3, -0.25) is 4.79 Å². The summed E-state index contributed by atoms with van der Waals surface area (Å²) < 4.78 is 0. The minimum atomic E-state index is 0.0974. The van der Waals surface area contributed by atoms with Crippen molar-refractivity contribution >= 4 is 28.9 Å². The number of aryl methyl sites for hydroxylation is 1. The number of carbonyl (C=O) groups is 1. The minimum Gasteiger partial charge on any atom is -0.353 e. The van der Waals surface area contributed by atoms with Crippen molar-refractivity contribution in [2.24, 2.45) is 0 Å². The van der Waals surface area contributed by atoms with Crippen LogP contribution in [-0.4, -0.2) is 5.78 Å². The van der Waals surface area contributed by atoms with E-state index in [0.717, 1.165) is 21.8 Å². The molecule has 0 bridgehead atoms. The standard InChI is InChI=1S/C15H13NOS/c1-9-4-3-5-14-15(9)16-12-8-11(10(2)17)6-7-13(12)18-14/h3-8,16H,1-2H3. The predicted octanol–water partition coefficient (Wildman–Crippen LogP) is 4.41. The van der Waals surface area contributed by atoms with E-state index >= 15 is 0 Å². The Balaban J connectivity index is 2.09. The first-order chi connectivity index (χ1) is 8.65. The summed E-state index contributed by atoms with van der Waals surface area (Å²) in [4.78, 5) is 13.8. The Hall–Kier alpha value is -1.74. The summed E-state index contributed by atoms with van der Waals surface area (Å²) in [5.41, 5.74) is 4.14. The molecule has 0 aromatic heterocycles. The molecule has 2 nitrogen and oxygen atoms in total. The maximum Gasteiger partial charge on any atom is 0.159 e. The van der Waals surface area contributed by atoms with Crippen molar-refractivity contribution in [1.82, 2.24) is 0 Å². The molecule has 0 aliphatic carbocycles. The lowest BCUT2D eigenvalue weighted by atomic mass is 10.1. The molecular formula is C15H13NOS. The van der Waals surface area contributed by atoms with Crippen LogP contribution in [0.5, 0.6) is 0 Å². The van der Waals surface area contributed by atoms with Crippen molar-refractivity contribution in [3.8, 4) is 0 Å². The maximum absolute atomic E-state index is 11.4. The van der Waals surface area contributed by atoms with Gasteiger partial charge in [0, 0.05) is 15.4 Å². The van der Waals surface area contributed by atoms with Crippen LogP contribution < -0.4 is 5.32 Å². The number of benzene rings is 2. The van der Waals surface area contributed by atoms with Gasteiger partial charge in [-0.15, -0.1) is 0 Å². The second-order valence-electron chi connectivity index (χ2n) is 4.44. The van der Waals surface area contributed by atoms with Gasteiger partial charge in [-0.1, -0.05) is 30.0 Å². The highest BCUT2D eigenvalue weighted by molar-refractivity contribution is 7.99. The molecule has 0 saturated heterocycles. The summed E-state index contributed by atoms with van der Waals surface area (Å²) in [6, 6.07) is 12.1. The molecule has 0 radical (unpaired) electrons. The Labute approximate surface area is 110 Å². The number of hydrogen-bond donors (Lipinski definition) is 1. The normalized spacial score (nSPS) is 12.3. The lowest BCUT2D eigenvalue weighted by Crippen LogP contribution is -2.03. The van der Waals surface area contributed by atoms with Crippen LogP contribution in [0.2, 0.25) is 0 Å². The molecule has 3 heteroatoms. The van der Waals surface area contributed by atoms with Gasteiger partial charge >= 0.3 is 0 Å². The van der Waals surface area contributed by atoms with Crippen molar-refractivity contribution in [2.45, 2.75) is 23.6 Å². The first kappa shape index (κ1) is 11.4. The van der Waals surface area contributed by atoms with Crippen LogP contribution in [0.4, 0.5) is 11.4 Å². The molecular weight excluding hydrogens is 242 g/mol. The summed E-state index contributed by atoms with van der Waals surface area (Å²) in [6.07, 6.45) is 0. The Morgan fingerprint density at radius 2 is 2.00 bits per heavy atom. The maximum atomic E-state index is 11.4. The number of hydrogen-bond acceptors (Lipinski definition) is 3. The molecule has 0 saturated carbocycles. The van der Waals surface area contributed by atoms with E-state index in [1.807, 2.05) is 18.2 Å². The van der Waals surface area contributed by atoms with Crippen molar-refractivity contribution in [1.29, 1.82) is 0 Å². The topological polar surface area (TPSA) is 29.1 Å². The lowest BCUT2D eigenvalue weighted by Gasteiger charge is -2.22. The number of ketones is 1. The van der Waals surface area contributed by atoms with Crippen LogP contribution in [-0.2, 0) is 0 Å². The molecule has 90 valence electrons. The fraction of sp³-hybridized carbons (Fsp3) is 0.133. The average molecular weight is 255 g/mol.